The van der Waals surface area contributed by atoms with Crippen LogP contribution >= 0.6 is 34.2 Å². The highest BCUT2D eigenvalue weighted by Crippen LogP contribution is 2.27. The van der Waals surface area contributed by atoms with Crippen LogP contribution < -0.4 is 5.73 Å². The maximum absolute atomic E-state index is 8.50. The van der Waals surface area contributed by atoms with E-state index < -0.39 is 0 Å². The minimum absolute atomic E-state index is 0.286. The van der Waals surface area contributed by atoms with Gasteiger partial charge in [0.1, 0.15) is 0 Å². The molecule has 0 unspecified atom stereocenters. The van der Waals surface area contributed by atoms with E-state index in [0.29, 0.717) is 11.4 Å². The molecule has 0 fully saturated rings. The Morgan fingerprint density at radius 2 is 2.31 bits per heavy atom. The largest absolute Gasteiger partial charge is 0.323 e. The summed E-state index contributed by atoms with van der Waals surface area (Å²) in [5.41, 5.74) is 6.66. The number of rotatable bonds is 2. The lowest BCUT2D eigenvalue weighted by Gasteiger charge is -2.11. The highest BCUT2D eigenvalue weighted by Gasteiger charge is 2.12. The Kier molecular flexibility index (Phi) is 3.97. The predicted molar refractivity (Wildman–Crippen MR) is 61.3 cm³/mol. The fourth-order valence-electron chi connectivity index (χ4n) is 1.07. The molecule has 2 N–H and O–H groups in total. The SMILES string of the molecule is N#CC[C@@H](N)c1c(Cl)cccc1I. The van der Waals surface area contributed by atoms with Gasteiger partial charge in [-0.3, -0.25) is 0 Å². The summed E-state index contributed by atoms with van der Waals surface area (Å²) in [5, 5.41) is 9.14. The van der Waals surface area contributed by atoms with E-state index in [9.17, 15) is 0 Å². The molecule has 0 heterocycles. The molecule has 1 atom stereocenters. The third-order valence-electron chi connectivity index (χ3n) is 1.68. The van der Waals surface area contributed by atoms with Crippen LogP contribution in [0.5, 0.6) is 0 Å². The van der Waals surface area contributed by atoms with E-state index in [0.717, 1.165) is 9.13 Å². The second kappa shape index (κ2) is 4.80. The molecule has 2 nitrogen and oxygen atoms in total. The van der Waals surface area contributed by atoms with Gasteiger partial charge in [-0.25, -0.2) is 0 Å². The molecule has 1 aromatic carbocycles. The van der Waals surface area contributed by atoms with Crippen LogP contribution in [0.15, 0.2) is 18.2 Å². The van der Waals surface area contributed by atoms with E-state index in [1.807, 2.05) is 18.2 Å². The van der Waals surface area contributed by atoms with Gasteiger partial charge in [0, 0.05) is 20.2 Å². The first-order chi connectivity index (χ1) is 6.16. The quantitative estimate of drug-likeness (QED) is 0.854. The summed E-state index contributed by atoms with van der Waals surface area (Å²) in [6.45, 7) is 0. The van der Waals surface area contributed by atoms with Crippen molar-refractivity contribution in [3.05, 3.63) is 32.4 Å². The summed E-state index contributed by atoms with van der Waals surface area (Å²) >= 11 is 8.13. The summed E-state index contributed by atoms with van der Waals surface area (Å²) in [5.74, 6) is 0. The monoisotopic (exact) mass is 306 g/mol. The molecule has 0 spiro atoms. The number of hydrogen-bond donors (Lipinski definition) is 1. The van der Waals surface area contributed by atoms with Crippen molar-refractivity contribution in [3.8, 4) is 6.07 Å². The maximum atomic E-state index is 8.50. The molecule has 0 bridgehead atoms. The number of halogens is 2. The van der Waals surface area contributed by atoms with Gasteiger partial charge < -0.3 is 5.73 Å². The van der Waals surface area contributed by atoms with Gasteiger partial charge in [-0.2, -0.15) is 5.26 Å². The standard InChI is InChI=1S/C9H8ClIN2/c10-6-2-1-3-7(11)9(6)8(13)4-5-12/h1-3,8H,4,13H2/t8-/m1/s1. The zero-order valence-electron chi connectivity index (χ0n) is 6.80. The average molecular weight is 307 g/mol. The van der Waals surface area contributed by atoms with Crippen molar-refractivity contribution in [2.24, 2.45) is 5.73 Å². The van der Waals surface area contributed by atoms with Crippen molar-refractivity contribution in [1.29, 1.82) is 5.26 Å². The zero-order chi connectivity index (χ0) is 9.84. The van der Waals surface area contributed by atoms with Crippen LogP contribution in [-0.2, 0) is 0 Å². The summed E-state index contributed by atoms with van der Waals surface area (Å²) in [6.07, 6.45) is 0.291. The molecule has 0 aromatic heterocycles. The smallest absolute Gasteiger partial charge is 0.0641 e. The second-order valence-electron chi connectivity index (χ2n) is 2.60. The molecule has 68 valence electrons. The van der Waals surface area contributed by atoms with Crippen LogP contribution in [0, 0.1) is 14.9 Å². The van der Waals surface area contributed by atoms with E-state index >= 15 is 0 Å². The van der Waals surface area contributed by atoms with E-state index in [1.165, 1.54) is 0 Å². The number of benzene rings is 1. The molecule has 0 saturated carbocycles. The summed E-state index contributed by atoms with van der Waals surface area (Å²) in [4.78, 5) is 0. The fourth-order valence-corrected chi connectivity index (χ4v) is 2.44. The van der Waals surface area contributed by atoms with Crippen LogP contribution in [0.2, 0.25) is 5.02 Å². The van der Waals surface area contributed by atoms with E-state index in [4.69, 9.17) is 22.6 Å². The molecule has 0 aliphatic heterocycles. The van der Waals surface area contributed by atoms with Gasteiger partial charge in [0.05, 0.1) is 12.5 Å². The summed E-state index contributed by atoms with van der Waals surface area (Å²) in [6, 6.07) is 7.33. The van der Waals surface area contributed by atoms with Gasteiger partial charge in [0.25, 0.3) is 0 Å². The molecule has 0 radical (unpaired) electrons. The minimum atomic E-state index is -0.286. The second-order valence-corrected chi connectivity index (χ2v) is 4.17. The summed E-state index contributed by atoms with van der Waals surface area (Å²) in [7, 11) is 0. The first-order valence-corrected chi connectivity index (χ1v) is 5.19. The Balaban J connectivity index is 3.06. The van der Waals surface area contributed by atoms with Gasteiger partial charge in [-0.1, -0.05) is 17.7 Å². The lowest BCUT2D eigenvalue weighted by atomic mass is 10.1. The van der Waals surface area contributed by atoms with Crippen LogP contribution in [0.3, 0.4) is 0 Å². The molecule has 1 aromatic rings. The highest BCUT2D eigenvalue weighted by atomic mass is 127. The predicted octanol–water partition coefficient (Wildman–Crippen LogP) is 2.86. The van der Waals surface area contributed by atoms with E-state index in [-0.39, 0.29) is 6.04 Å². The average Bonchev–Trinajstić information content (AvgIpc) is 2.04. The van der Waals surface area contributed by atoms with Gasteiger partial charge in [0.2, 0.25) is 0 Å². The third kappa shape index (κ3) is 2.56. The number of nitrogens with zero attached hydrogens (tertiary/aromatic N) is 1. The fraction of sp³-hybridized carbons (Fsp3) is 0.222. The zero-order valence-corrected chi connectivity index (χ0v) is 9.71. The molecule has 0 amide bonds. The first-order valence-electron chi connectivity index (χ1n) is 3.73. The van der Waals surface area contributed by atoms with Crippen molar-refractivity contribution in [2.45, 2.75) is 12.5 Å². The number of hydrogen-bond acceptors (Lipinski definition) is 2. The lowest BCUT2D eigenvalue weighted by Crippen LogP contribution is -2.11. The number of nitrogens with two attached hydrogens (primary N) is 1. The lowest BCUT2D eigenvalue weighted by molar-refractivity contribution is 0.744. The van der Waals surface area contributed by atoms with Crippen LogP contribution in [-0.4, -0.2) is 0 Å². The van der Waals surface area contributed by atoms with Crippen molar-refractivity contribution in [2.75, 3.05) is 0 Å². The molecule has 13 heavy (non-hydrogen) atoms. The minimum Gasteiger partial charge on any atom is -0.323 e. The first kappa shape index (κ1) is 10.8. The Labute approximate surface area is 95.8 Å². The Morgan fingerprint density at radius 3 is 2.85 bits per heavy atom. The topological polar surface area (TPSA) is 49.8 Å². The third-order valence-corrected chi connectivity index (χ3v) is 2.95. The maximum Gasteiger partial charge on any atom is 0.0641 e. The van der Waals surface area contributed by atoms with Gasteiger partial charge in [-0.15, -0.1) is 0 Å². The molecule has 0 saturated heterocycles. The van der Waals surface area contributed by atoms with Crippen molar-refractivity contribution >= 4 is 34.2 Å². The van der Waals surface area contributed by atoms with E-state index in [2.05, 4.69) is 22.6 Å². The summed E-state index contributed by atoms with van der Waals surface area (Å²) < 4.78 is 1.01. The normalized spacial score (nSPS) is 12.2. The Bertz CT molecular complexity index is 326. The van der Waals surface area contributed by atoms with Crippen molar-refractivity contribution < 1.29 is 0 Å². The molecular formula is C9H8ClIN2. The van der Waals surface area contributed by atoms with Crippen molar-refractivity contribution in [3.63, 3.8) is 0 Å². The van der Waals surface area contributed by atoms with Crippen molar-refractivity contribution in [1.82, 2.24) is 0 Å². The molecule has 0 aliphatic carbocycles. The van der Waals surface area contributed by atoms with Gasteiger partial charge in [0.15, 0.2) is 0 Å². The van der Waals surface area contributed by atoms with Crippen LogP contribution in [0.1, 0.15) is 18.0 Å². The Morgan fingerprint density at radius 1 is 1.62 bits per heavy atom. The van der Waals surface area contributed by atoms with Crippen LogP contribution in [0.4, 0.5) is 0 Å². The van der Waals surface area contributed by atoms with Crippen LogP contribution in [0.25, 0.3) is 0 Å². The number of nitriles is 1. The van der Waals surface area contributed by atoms with Gasteiger partial charge >= 0.3 is 0 Å². The highest BCUT2D eigenvalue weighted by molar-refractivity contribution is 14.1. The molecule has 0 aliphatic rings. The molecular weight excluding hydrogens is 298 g/mol. The van der Waals surface area contributed by atoms with Gasteiger partial charge in [-0.05, 0) is 34.7 Å². The Hall–Kier alpha value is -0.310. The van der Waals surface area contributed by atoms with E-state index in [1.54, 1.807) is 6.07 Å². The molecule has 4 heteroatoms. The molecule has 1 rings (SSSR count).